The van der Waals surface area contributed by atoms with Crippen molar-refractivity contribution in [3.8, 4) is 0 Å². The van der Waals surface area contributed by atoms with Crippen molar-refractivity contribution in [1.82, 2.24) is 4.90 Å². The van der Waals surface area contributed by atoms with Crippen LogP contribution in [0, 0.1) is 23.3 Å². The highest BCUT2D eigenvalue weighted by Gasteiger charge is 2.35. The topological polar surface area (TPSA) is 66.8 Å². The number of benzene rings is 1. The molecule has 0 saturated heterocycles. The van der Waals surface area contributed by atoms with Crippen LogP contribution >= 0.6 is 22.6 Å². The largest absolute Gasteiger partial charge is 0.479 e. The number of carboxylic acid groups (broad SMARTS) is 1. The maximum atomic E-state index is 13.0. The van der Waals surface area contributed by atoms with Crippen molar-refractivity contribution in [1.29, 1.82) is 0 Å². The minimum absolute atomic E-state index is 0.159. The molecule has 166 valence electrons. The number of amides is 1. The zero-order valence-electron chi connectivity index (χ0n) is 18.8. The van der Waals surface area contributed by atoms with Gasteiger partial charge in [0.1, 0.15) is 0 Å². The summed E-state index contributed by atoms with van der Waals surface area (Å²) in [6.45, 7) is 11.1. The van der Waals surface area contributed by atoms with Crippen molar-refractivity contribution in [2.75, 3.05) is 6.54 Å². The van der Waals surface area contributed by atoms with Crippen LogP contribution in [-0.2, 0) is 27.3 Å². The van der Waals surface area contributed by atoms with Gasteiger partial charge in [0, 0.05) is 22.2 Å². The lowest BCUT2D eigenvalue weighted by Crippen LogP contribution is -2.41. The zero-order chi connectivity index (χ0) is 22.2. The van der Waals surface area contributed by atoms with Gasteiger partial charge in [-0.3, -0.25) is 4.79 Å². The van der Waals surface area contributed by atoms with E-state index in [1.165, 1.54) is 37.7 Å². The molecule has 0 spiro atoms. The van der Waals surface area contributed by atoms with Gasteiger partial charge in [0.15, 0.2) is 6.10 Å². The van der Waals surface area contributed by atoms with E-state index in [9.17, 15) is 14.7 Å². The Morgan fingerprint density at radius 1 is 1.17 bits per heavy atom. The minimum atomic E-state index is -1.05. The Bertz CT molecular complexity index is 837. The molecule has 1 aromatic rings. The van der Waals surface area contributed by atoms with E-state index >= 15 is 0 Å². The summed E-state index contributed by atoms with van der Waals surface area (Å²) in [5.74, 6) is -0.224. The standard InChI is InChI=1S/C24H34INO4/c1-14-17-11-19(27)26(12-16-9-7-6-8-10-16)13-18(17)15(2)21(25)20(14)22(23(28)29)30-24(3,4)5/h16,22H,6-13H2,1-5H3,(H,28,29)/t22-/m0/s1. The van der Waals surface area contributed by atoms with Gasteiger partial charge in [-0.2, -0.15) is 0 Å². The number of halogens is 1. The predicted molar refractivity (Wildman–Crippen MR) is 126 cm³/mol. The molecule has 3 rings (SSSR count). The Labute approximate surface area is 193 Å². The highest BCUT2D eigenvalue weighted by Crippen LogP contribution is 2.39. The summed E-state index contributed by atoms with van der Waals surface area (Å²) >= 11 is 2.26. The van der Waals surface area contributed by atoms with Crippen LogP contribution in [0.3, 0.4) is 0 Å². The van der Waals surface area contributed by atoms with Gasteiger partial charge >= 0.3 is 5.97 Å². The summed E-state index contributed by atoms with van der Waals surface area (Å²) in [5, 5.41) is 9.91. The van der Waals surface area contributed by atoms with Crippen molar-refractivity contribution < 1.29 is 19.4 Å². The molecule has 1 aromatic carbocycles. The first kappa shape index (κ1) is 23.5. The van der Waals surface area contributed by atoms with E-state index in [0.29, 0.717) is 24.4 Å². The number of carboxylic acids is 1. The van der Waals surface area contributed by atoms with Crippen molar-refractivity contribution in [2.45, 2.75) is 91.4 Å². The van der Waals surface area contributed by atoms with Crippen molar-refractivity contribution in [3.05, 3.63) is 31.4 Å². The van der Waals surface area contributed by atoms with Gasteiger partial charge in [-0.15, -0.1) is 0 Å². The molecule has 1 atom stereocenters. The Kier molecular flexibility index (Phi) is 7.17. The van der Waals surface area contributed by atoms with Crippen LogP contribution in [0.2, 0.25) is 0 Å². The Hall–Kier alpha value is -1.15. The van der Waals surface area contributed by atoms with E-state index in [2.05, 4.69) is 22.6 Å². The fourth-order valence-corrected chi connectivity index (χ4v) is 5.87. The van der Waals surface area contributed by atoms with E-state index in [4.69, 9.17) is 4.74 Å². The summed E-state index contributed by atoms with van der Waals surface area (Å²) < 4.78 is 6.88. The molecule has 30 heavy (non-hydrogen) atoms. The molecule has 1 saturated carbocycles. The average Bonchev–Trinajstić information content (AvgIpc) is 2.66. The molecule has 6 heteroatoms. The van der Waals surface area contributed by atoms with Crippen LogP contribution in [0.4, 0.5) is 0 Å². The molecule has 1 heterocycles. The van der Waals surface area contributed by atoms with E-state index in [-0.39, 0.29) is 5.91 Å². The van der Waals surface area contributed by atoms with E-state index in [1.807, 2.05) is 39.5 Å². The van der Waals surface area contributed by atoms with E-state index in [1.54, 1.807) is 0 Å². The quantitative estimate of drug-likeness (QED) is 0.527. The summed E-state index contributed by atoms with van der Waals surface area (Å²) in [4.78, 5) is 27.1. The van der Waals surface area contributed by atoms with Gasteiger partial charge in [0.25, 0.3) is 0 Å². The Morgan fingerprint density at radius 2 is 1.80 bits per heavy atom. The van der Waals surface area contributed by atoms with Gasteiger partial charge in [-0.25, -0.2) is 4.79 Å². The van der Waals surface area contributed by atoms with Crippen LogP contribution in [0.15, 0.2) is 0 Å². The molecule has 1 N–H and O–H groups in total. The maximum absolute atomic E-state index is 13.0. The molecule has 0 bridgehead atoms. The fraction of sp³-hybridized carbons (Fsp3) is 0.667. The molecule has 0 radical (unpaired) electrons. The van der Waals surface area contributed by atoms with Crippen molar-refractivity contribution in [3.63, 3.8) is 0 Å². The van der Waals surface area contributed by atoms with Gasteiger partial charge in [-0.1, -0.05) is 19.3 Å². The third-order valence-corrected chi connectivity index (χ3v) is 7.82. The van der Waals surface area contributed by atoms with Crippen LogP contribution in [0.5, 0.6) is 0 Å². The third-order valence-electron chi connectivity index (χ3n) is 6.43. The summed E-state index contributed by atoms with van der Waals surface area (Å²) in [7, 11) is 0. The smallest absolute Gasteiger partial charge is 0.337 e. The summed E-state index contributed by atoms with van der Waals surface area (Å²) in [6, 6.07) is 0. The second-order valence-corrected chi connectivity index (χ2v) is 10.9. The lowest BCUT2D eigenvalue weighted by atomic mass is 9.84. The molecule has 0 aromatic heterocycles. The number of rotatable bonds is 5. The molecule has 1 aliphatic carbocycles. The number of hydrogen-bond donors (Lipinski definition) is 1. The number of hydrogen-bond acceptors (Lipinski definition) is 3. The third kappa shape index (κ3) is 5.01. The molecule has 0 unspecified atom stereocenters. The number of nitrogens with zero attached hydrogens (tertiary/aromatic N) is 1. The van der Waals surface area contributed by atoms with Crippen LogP contribution in [0.1, 0.15) is 86.8 Å². The lowest BCUT2D eigenvalue weighted by molar-refractivity contribution is -0.160. The Balaban J connectivity index is 1.97. The van der Waals surface area contributed by atoms with Gasteiger partial charge < -0.3 is 14.7 Å². The van der Waals surface area contributed by atoms with Gasteiger partial charge in [-0.05, 0) is 98.2 Å². The predicted octanol–water partition coefficient (Wildman–Crippen LogP) is 5.31. The van der Waals surface area contributed by atoms with E-state index in [0.717, 1.165) is 26.8 Å². The molecule has 5 nitrogen and oxygen atoms in total. The van der Waals surface area contributed by atoms with Crippen LogP contribution in [-0.4, -0.2) is 34.0 Å². The molecule has 1 amide bonds. The molecular formula is C24H34INO4. The highest BCUT2D eigenvalue weighted by atomic mass is 127. The number of aliphatic carboxylic acids is 1. The second-order valence-electron chi connectivity index (χ2n) is 9.84. The zero-order valence-corrected chi connectivity index (χ0v) is 21.0. The minimum Gasteiger partial charge on any atom is -0.479 e. The van der Waals surface area contributed by atoms with Gasteiger partial charge in [0.05, 0.1) is 12.0 Å². The maximum Gasteiger partial charge on any atom is 0.337 e. The Morgan fingerprint density at radius 3 is 2.37 bits per heavy atom. The second kappa shape index (κ2) is 9.15. The van der Waals surface area contributed by atoms with Crippen LogP contribution < -0.4 is 0 Å². The van der Waals surface area contributed by atoms with Crippen molar-refractivity contribution >= 4 is 34.5 Å². The highest BCUT2D eigenvalue weighted by molar-refractivity contribution is 14.1. The fourth-order valence-electron chi connectivity index (χ4n) is 4.86. The van der Waals surface area contributed by atoms with Crippen molar-refractivity contribution in [2.24, 2.45) is 5.92 Å². The molecule has 1 aliphatic heterocycles. The molecular weight excluding hydrogens is 493 g/mol. The van der Waals surface area contributed by atoms with Crippen LogP contribution in [0.25, 0.3) is 0 Å². The average molecular weight is 527 g/mol. The monoisotopic (exact) mass is 527 g/mol. The summed E-state index contributed by atoms with van der Waals surface area (Å²) in [6.07, 6.45) is 5.59. The number of carbonyl (C=O) groups excluding carboxylic acids is 1. The number of ether oxygens (including phenoxy) is 1. The normalized spacial score (nSPS) is 19.0. The van der Waals surface area contributed by atoms with Gasteiger partial charge in [0.2, 0.25) is 5.91 Å². The first-order valence-corrected chi connectivity index (χ1v) is 12.1. The SMILES string of the molecule is Cc1c(I)c([C@H](OC(C)(C)C)C(=O)O)c(C)c2c1CN(CC1CCCCC1)C(=O)C2. The van der Waals surface area contributed by atoms with E-state index < -0.39 is 17.7 Å². The molecule has 2 aliphatic rings. The first-order chi connectivity index (χ1) is 14.0. The first-order valence-electron chi connectivity index (χ1n) is 11.0. The number of carbonyl (C=O) groups is 2. The lowest BCUT2D eigenvalue weighted by Gasteiger charge is -2.36. The number of fused-ring (bicyclic) bond motifs is 1. The molecule has 1 fully saturated rings. The summed E-state index contributed by atoms with van der Waals surface area (Å²) in [5.41, 5.74) is 4.27.